The number of benzene rings is 2. The van der Waals surface area contributed by atoms with Crippen molar-refractivity contribution in [2.45, 2.75) is 31.6 Å². The molecule has 0 bridgehead atoms. The van der Waals surface area contributed by atoms with Crippen molar-refractivity contribution in [3.63, 3.8) is 0 Å². The SMILES string of the molecule is Fc1cc(-c2ccc3c4cnccc4n(C(F)F)c3c2)cc2c1C1(CCNCC1)OC2. The molecule has 2 aliphatic rings. The van der Waals surface area contributed by atoms with Gasteiger partial charge in [0, 0.05) is 28.7 Å². The molecule has 4 nitrogen and oxygen atoms in total. The normalized spacial score (nSPS) is 17.8. The molecule has 4 aromatic rings. The van der Waals surface area contributed by atoms with Gasteiger partial charge in [-0.1, -0.05) is 12.1 Å². The highest BCUT2D eigenvalue weighted by molar-refractivity contribution is 6.08. The summed E-state index contributed by atoms with van der Waals surface area (Å²) in [5.41, 5.74) is 3.14. The van der Waals surface area contributed by atoms with E-state index in [1.54, 1.807) is 18.3 Å². The van der Waals surface area contributed by atoms with Crippen molar-refractivity contribution < 1.29 is 17.9 Å². The van der Waals surface area contributed by atoms with Gasteiger partial charge in [-0.2, -0.15) is 8.78 Å². The van der Waals surface area contributed by atoms with Gasteiger partial charge in [-0.3, -0.25) is 9.55 Å². The third-order valence-corrected chi connectivity index (χ3v) is 6.68. The first kappa shape index (κ1) is 18.8. The predicted molar refractivity (Wildman–Crippen MR) is 112 cm³/mol. The molecular formula is C24H20F3N3O. The molecule has 0 amide bonds. The number of alkyl halides is 2. The Morgan fingerprint density at radius 1 is 1.00 bits per heavy atom. The minimum Gasteiger partial charge on any atom is -0.365 e. The maximum atomic E-state index is 15.3. The summed E-state index contributed by atoms with van der Waals surface area (Å²) < 4.78 is 50.2. The third kappa shape index (κ3) is 2.73. The van der Waals surface area contributed by atoms with E-state index in [4.69, 9.17) is 4.74 Å². The predicted octanol–water partition coefficient (Wildman–Crippen LogP) is 5.50. The third-order valence-electron chi connectivity index (χ3n) is 6.68. The van der Waals surface area contributed by atoms with Crippen LogP contribution in [0.5, 0.6) is 0 Å². The van der Waals surface area contributed by atoms with Crippen LogP contribution in [0.15, 0.2) is 48.8 Å². The van der Waals surface area contributed by atoms with Gasteiger partial charge < -0.3 is 10.1 Å². The number of aromatic nitrogens is 2. The molecule has 0 saturated carbocycles. The van der Waals surface area contributed by atoms with Gasteiger partial charge in [0.1, 0.15) is 5.82 Å². The van der Waals surface area contributed by atoms with E-state index >= 15 is 4.39 Å². The molecular weight excluding hydrogens is 403 g/mol. The van der Waals surface area contributed by atoms with Gasteiger partial charge >= 0.3 is 6.55 Å². The van der Waals surface area contributed by atoms with Crippen LogP contribution in [0.3, 0.4) is 0 Å². The average Bonchev–Trinajstić information content (AvgIpc) is 3.30. The Kier molecular flexibility index (Phi) is 4.13. The number of pyridine rings is 1. The van der Waals surface area contributed by atoms with Crippen molar-refractivity contribution in [3.8, 4) is 11.1 Å². The summed E-state index contributed by atoms with van der Waals surface area (Å²) in [7, 11) is 0. The molecule has 2 aromatic heterocycles. The Bertz CT molecular complexity index is 1320. The molecule has 1 fully saturated rings. The first-order valence-electron chi connectivity index (χ1n) is 10.4. The van der Waals surface area contributed by atoms with Gasteiger partial charge in [0.25, 0.3) is 0 Å². The zero-order valence-corrected chi connectivity index (χ0v) is 16.7. The Balaban J connectivity index is 1.51. The molecule has 0 unspecified atom stereocenters. The van der Waals surface area contributed by atoms with Gasteiger partial charge in [0.15, 0.2) is 0 Å². The van der Waals surface area contributed by atoms with Crippen LogP contribution >= 0.6 is 0 Å². The van der Waals surface area contributed by atoms with Crippen LogP contribution in [-0.2, 0) is 16.9 Å². The van der Waals surface area contributed by atoms with Crippen LogP contribution in [0.1, 0.15) is 30.5 Å². The number of nitrogens with one attached hydrogen (secondary N) is 1. The maximum Gasteiger partial charge on any atom is 0.319 e. The van der Waals surface area contributed by atoms with Crippen molar-refractivity contribution >= 4 is 21.8 Å². The van der Waals surface area contributed by atoms with Crippen LogP contribution in [0, 0.1) is 5.82 Å². The van der Waals surface area contributed by atoms with E-state index in [1.165, 1.54) is 12.3 Å². The van der Waals surface area contributed by atoms with Gasteiger partial charge in [-0.05, 0) is 66.9 Å². The highest BCUT2D eigenvalue weighted by Gasteiger charge is 2.43. The highest BCUT2D eigenvalue weighted by Crippen LogP contribution is 2.46. The molecule has 0 atom stereocenters. The van der Waals surface area contributed by atoms with Crippen molar-refractivity contribution in [3.05, 3.63) is 65.7 Å². The number of nitrogens with zero attached hydrogens (tertiary/aromatic N) is 2. The van der Waals surface area contributed by atoms with Crippen LogP contribution in [0.25, 0.3) is 32.9 Å². The molecule has 2 aliphatic heterocycles. The van der Waals surface area contributed by atoms with Gasteiger partial charge in [0.05, 0.1) is 23.2 Å². The van der Waals surface area contributed by atoms with Crippen LogP contribution in [0.4, 0.5) is 13.2 Å². The number of hydrogen-bond donors (Lipinski definition) is 1. The second kappa shape index (κ2) is 6.80. The fourth-order valence-electron chi connectivity index (χ4n) is 5.25. The van der Waals surface area contributed by atoms with Crippen molar-refractivity contribution in [2.75, 3.05) is 13.1 Å². The Morgan fingerprint density at radius 3 is 2.65 bits per heavy atom. The molecule has 6 rings (SSSR count). The fourth-order valence-corrected chi connectivity index (χ4v) is 5.25. The molecule has 2 aromatic carbocycles. The summed E-state index contributed by atoms with van der Waals surface area (Å²) >= 11 is 0. The Labute approximate surface area is 176 Å². The highest BCUT2D eigenvalue weighted by atomic mass is 19.3. The van der Waals surface area contributed by atoms with Crippen LogP contribution < -0.4 is 5.32 Å². The summed E-state index contributed by atoms with van der Waals surface area (Å²) in [6, 6.07) is 10.4. The molecule has 1 spiro atoms. The first-order chi connectivity index (χ1) is 15.1. The van der Waals surface area contributed by atoms with Crippen molar-refractivity contribution in [1.82, 2.24) is 14.9 Å². The lowest BCUT2D eigenvalue weighted by atomic mass is 9.83. The maximum absolute atomic E-state index is 15.3. The fraction of sp³-hybridized carbons (Fsp3) is 0.292. The second-order valence-corrected chi connectivity index (χ2v) is 8.30. The van der Waals surface area contributed by atoms with Crippen molar-refractivity contribution in [1.29, 1.82) is 0 Å². The smallest absolute Gasteiger partial charge is 0.319 e. The summed E-state index contributed by atoms with van der Waals surface area (Å²) in [5.74, 6) is -0.286. The van der Waals surface area contributed by atoms with Crippen LogP contribution in [-0.4, -0.2) is 22.6 Å². The summed E-state index contributed by atoms with van der Waals surface area (Å²) in [4.78, 5) is 4.08. The molecule has 0 aliphatic carbocycles. The van der Waals surface area contributed by atoms with Gasteiger partial charge in [-0.25, -0.2) is 4.39 Å². The van der Waals surface area contributed by atoms with Crippen LogP contribution in [0.2, 0.25) is 0 Å². The number of rotatable bonds is 2. The van der Waals surface area contributed by atoms with Gasteiger partial charge in [-0.15, -0.1) is 0 Å². The first-order valence-corrected chi connectivity index (χ1v) is 10.4. The zero-order valence-electron chi connectivity index (χ0n) is 16.7. The number of halogens is 3. The van der Waals surface area contributed by atoms with E-state index in [1.807, 2.05) is 18.2 Å². The average molecular weight is 423 g/mol. The molecule has 158 valence electrons. The number of ether oxygens (including phenoxy) is 1. The Morgan fingerprint density at radius 2 is 1.84 bits per heavy atom. The summed E-state index contributed by atoms with van der Waals surface area (Å²) in [6.45, 7) is -0.734. The second-order valence-electron chi connectivity index (χ2n) is 8.30. The Hall–Kier alpha value is -2.90. The van der Waals surface area contributed by atoms with E-state index < -0.39 is 12.2 Å². The molecule has 0 radical (unpaired) electrons. The quantitative estimate of drug-likeness (QED) is 0.463. The minimum absolute atomic E-state index is 0.286. The van der Waals surface area contributed by atoms with Crippen molar-refractivity contribution in [2.24, 2.45) is 0 Å². The monoisotopic (exact) mass is 423 g/mol. The van der Waals surface area contributed by atoms with E-state index in [0.717, 1.165) is 36.1 Å². The molecule has 31 heavy (non-hydrogen) atoms. The molecule has 1 N–H and O–H groups in total. The number of piperidine rings is 1. The van der Waals surface area contributed by atoms with E-state index in [2.05, 4.69) is 10.3 Å². The summed E-state index contributed by atoms with van der Waals surface area (Å²) in [5, 5.41) is 4.67. The van der Waals surface area contributed by atoms with E-state index in [9.17, 15) is 8.78 Å². The zero-order chi connectivity index (χ0) is 21.2. The molecule has 1 saturated heterocycles. The van der Waals surface area contributed by atoms with E-state index in [0.29, 0.717) is 45.1 Å². The molecule has 7 heteroatoms. The topological polar surface area (TPSA) is 39.1 Å². The molecule has 4 heterocycles. The lowest BCUT2D eigenvalue weighted by Gasteiger charge is -2.34. The number of hydrogen-bond acceptors (Lipinski definition) is 3. The minimum atomic E-state index is -2.69. The lowest BCUT2D eigenvalue weighted by Crippen LogP contribution is -2.40. The largest absolute Gasteiger partial charge is 0.365 e. The van der Waals surface area contributed by atoms with E-state index in [-0.39, 0.29) is 5.82 Å². The number of fused-ring (bicyclic) bond motifs is 5. The van der Waals surface area contributed by atoms with Gasteiger partial charge in [0.2, 0.25) is 0 Å². The summed E-state index contributed by atoms with van der Waals surface area (Å²) in [6.07, 6.45) is 4.59. The standard InChI is InChI=1S/C24H20F3N3O/c25-19-10-15(9-16-13-31-24(22(16)19)4-7-28-8-5-24)14-1-2-17-18-12-29-6-3-20(18)30(23(26)27)21(17)11-14/h1-3,6,9-12,23,28H,4-5,7-8,13H2. The lowest BCUT2D eigenvalue weighted by molar-refractivity contribution is -0.0606.